The summed E-state index contributed by atoms with van der Waals surface area (Å²) in [7, 11) is 0. The predicted molar refractivity (Wildman–Crippen MR) is 156 cm³/mol. The summed E-state index contributed by atoms with van der Waals surface area (Å²) in [5.41, 5.74) is -1.58. The van der Waals surface area contributed by atoms with Crippen molar-refractivity contribution in [1.82, 2.24) is 0 Å². The summed E-state index contributed by atoms with van der Waals surface area (Å²) in [4.78, 5) is 52.7. The summed E-state index contributed by atoms with van der Waals surface area (Å²) in [6.45, 7) is -0.494. The smallest absolute Gasteiger partial charge is 0.340 e. The average molecular weight is 591 g/mol. The van der Waals surface area contributed by atoms with Gasteiger partial charge in [-0.05, 0) is 54.5 Å². The molecular weight excluding hydrogens is 564 g/mol. The second-order valence-electron chi connectivity index (χ2n) is 9.63. The van der Waals surface area contributed by atoms with Crippen LogP contribution in [0.5, 0.6) is 0 Å². The molecule has 0 aliphatic carbocycles. The third-order valence-corrected chi connectivity index (χ3v) is 6.76. The van der Waals surface area contributed by atoms with Crippen molar-refractivity contribution in [3.05, 3.63) is 144 Å². The maximum absolute atomic E-state index is 13.4. The van der Waals surface area contributed by atoms with Gasteiger partial charge in [0.1, 0.15) is 12.7 Å². The molecule has 4 aromatic rings. The number of hydrogen-bond donors (Lipinski definition) is 0. The molecule has 4 aromatic carbocycles. The third kappa shape index (κ3) is 6.51. The number of benzene rings is 4. The average Bonchev–Trinajstić information content (AvgIpc) is 3.35. The Hall–Kier alpha value is -5.72. The zero-order chi connectivity index (χ0) is 30.9. The van der Waals surface area contributed by atoms with Crippen molar-refractivity contribution in [2.45, 2.75) is 24.1 Å². The summed E-state index contributed by atoms with van der Waals surface area (Å²) in [5.74, 6) is -0.885. The van der Waals surface area contributed by atoms with E-state index >= 15 is 0 Å². The van der Waals surface area contributed by atoms with E-state index < -0.39 is 54.6 Å². The zero-order valence-electron chi connectivity index (χ0n) is 23.2. The van der Waals surface area contributed by atoms with Crippen LogP contribution in [0.3, 0.4) is 0 Å². The molecule has 0 aromatic heterocycles. The number of terminal acetylenes is 1. The van der Waals surface area contributed by atoms with Crippen LogP contribution in [0.2, 0.25) is 0 Å². The zero-order valence-corrected chi connectivity index (χ0v) is 23.2. The molecule has 0 radical (unpaired) electrons. The van der Waals surface area contributed by atoms with Gasteiger partial charge in [0.25, 0.3) is 11.9 Å². The fraction of sp³-hybridized carbons (Fsp3) is 0.143. The van der Waals surface area contributed by atoms with E-state index in [1.807, 2.05) is 0 Å². The van der Waals surface area contributed by atoms with Crippen LogP contribution in [0.25, 0.3) is 0 Å². The first-order valence-electron chi connectivity index (χ1n) is 13.6. The van der Waals surface area contributed by atoms with Gasteiger partial charge in [-0.2, -0.15) is 0 Å². The highest BCUT2D eigenvalue weighted by atomic mass is 16.8. The van der Waals surface area contributed by atoms with E-state index in [1.165, 1.54) is 36.4 Å². The van der Waals surface area contributed by atoms with Crippen molar-refractivity contribution in [1.29, 1.82) is 0 Å². The maximum atomic E-state index is 13.4. The SMILES string of the molecule is C#C[C@]1(OC(=O)c2ccccc2)C(OC(=O)c2ccccc2)OC(COC(=O)c2ccccc2)[C@H]1OC(=O)c1ccccc1. The Morgan fingerprint density at radius 2 is 1.02 bits per heavy atom. The van der Waals surface area contributed by atoms with E-state index in [9.17, 15) is 19.2 Å². The normalized spacial score (nSPS) is 20.5. The van der Waals surface area contributed by atoms with Crippen LogP contribution in [0.4, 0.5) is 0 Å². The minimum Gasteiger partial charge on any atom is -0.459 e. The van der Waals surface area contributed by atoms with E-state index in [-0.39, 0.29) is 22.3 Å². The Balaban J connectivity index is 1.52. The van der Waals surface area contributed by atoms with Crippen molar-refractivity contribution in [2.24, 2.45) is 0 Å². The number of carbonyl (C=O) groups excluding carboxylic acids is 4. The van der Waals surface area contributed by atoms with Gasteiger partial charge in [-0.25, -0.2) is 19.2 Å². The minimum absolute atomic E-state index is 0.127. The van der Waals surface area contributed by atoms with Gasteiger partial charge in [-0.1, -0.05) is 72.8 Å². The largest absolute Gasteiger partial charge is 0.459 e. The number of hydrogen-bond acceptors (Lipinski definition) is 9. The lowest BCUT2D eigenvalue weighted by Crippen LogP contribution is -2.54. The van der Waals surface area contributed by atoms with Crippen LogP contribution in [0, 0.1) is 12.3 Å². The molecular formula is C35H26O9. The molecule has 9 heteroatoms. The summed E-state index contributed by atoms with van der Waals surface area (Å²) < 4.78 is 28.9. The molecule has 44 heavy (non-hydrogen) atoms. The maximum Gasteiger partial charge on any atom is 0.340 e. The molecule has 0 N–H and O–H groups in total. The predicted octanol–water partition coefficient (Wildman–Crippen LogP) is 4.88. The Bertz CT molecular complexity index is 1650. The lowest BCUT2D eigenvalue weighted by atomic mass is 9.94. The Kier molecular flexibility index (Phi) is 9.13. The minimum atomic E-state index is -2.29. The Labute approximate surface area is 253 Å². The van der Waals surface area contributed by atoms with Gasteiger partial charge in [-0.15, -0.1) is 6.42 Å². The van der Waals surface area contributed by atoms with Gasteiger partial charge in [0.05, 0.1) is 22.3 Å². The van der Waals surface area contributed by atoms with Crippen molar-refractivity contribution in [3.63, 3.8) is 0 Å². The van der Waals surface area contributed by atoms with Crippen LogP contribution < -0.4 is 0 Å². The highest BCUT2D eigenvalue weighted by Crippen LogP contribution is 2.39. The monoisotopic (exact) mass is 590 g/mol. The lowest BCUT2D eigenvalue weighted by Gasteiger charge is -2.32. The third-order valence-electron chi connectivity index (χ3n) is 6.76. The molecule has 1 aliphatic heterocycles. The van der Waals surface area contributed by atoms with Crippen LogP contribution >= 0.6 is 0 Å². The van der Waals surface area contributed by atoms with Crippen LogP contribution in [-0.4, -0.2) is 54.6 Å². The molecule has 4 atom stereocenters. The summed E-state index contributed by atoms with van der Waals surface area (Å²) >= 11 is 0. The number of ether oxygens (including phenoxy) is 5. The topological polar surface area (TPSA) is 114 Å². The van der Waals surface area contributed by atoms with E-state index in [4.69, 9.17) is 30.1 Å². The first kappa shape index (κ1) is 29.8. The molecule has 0 spiro atoms. The standard InChI is InChI=1S/C35H26O9/c1-2-35(44-33(39)27-21-13-6-14-22-27)29(42-31(37)25-17-9-4-10-18-25)28(23-40-30(36)24-15-7-3-8-16-24)41-34(35)43-32(38)26-19-11-5-12-20-26/h1,3-22,28-29,34H,23H2/t28?,29-,34?,35-/m1/s1. The Morgan fingerprint density at radius 3 is 1.48 bits per heavy atom. The Morgan fingerprint density at radius 1 is 0.614 bits per heavy atom. The molecule has 1 saturated heterocycles. The highest BCUT2D eigenvalue weighted by Gasteiger charge is 2.64. The van der Waals surface area contributed by atoms with Crippen LogP contribution in [0.1, 0.15) is 41.4 Å². The van der Waals surface area contributed by atoms with E-state index in [0.29, 0.717) is 0 Å². The molecule has 0 amide bonds. The van der Waals surface area contributed by atoms with Gasteiger partial charge in [0.2, 0.25) is 0 Å². The van der Waals surface area contributed by atoms with Gasteiger partial charge in [0.15, 0.2) is 6.10 Å². The lowest BCUT2D eigenvalue weighted by molar-refractivity contribution is -0.161. The summed E-state index contributed by atoms with van der Waals surface area (Å²) in [6, 6.07) is 32.1. The molecule has 5 rings (SSSR count). The second-order valence-corrected chi connectivity index (χ2v) is 9.63. The molecule has 1 aliphatic rings. The molecule has 1 heterocycles. The molecule has 9 nitrogen and oxygen atoms in total. The second kappa shape index (κ2) is 13.5. The van der Waals surface area contributed by atoms with E-state index in [2.05, 4.69) is 5.92 Å². The van der Waals surface area contributed by atoms with Crippen molar-refractivity contribution in [2.75, 3.05) is 6.61 Å². The summed E-state index contributed by atoms with van der Waals surface area (Å²) in [5, 5.41) is 0. The summed E-state index contributed by atoms with van der Waals surface area (Å²) in [6.07, 6.45) is 1.36. The number of carbonyl (C=O) groups is 4. The molecule has 1 fully saturated rings. The van der Waals surface area contributed by atoms with Crippen LogP contribution in [-0.2, 0) is 23.7 Å². The fourth-order valence-electron chi connectivity index (χ4n) is 4.53. The van der Waals surface area contributed by atoms with Gasteiger partial charge < -0.3 is 23.7 Å². The van der Waals surface area contributed by atoms with Gasteiger partial charge >= 0.3 is 23.9 Å². The first-order valence-corrected chi connectivity index (χ1v) is 13.6. The van der Waals surface area contributed by atoms with Crippen molar-refractivity contribution >= 4 is 23.9 Å². The van der Waals surface area contributed by atoms with Crippen LogP contribution in [0.15, 0.2) is 121 Å². The molecule has 2 unspecified atom stereocenters. The van der Waals surface area contributed by atoms with Crippen molar-refractivity contribution in [3.8, 4) is 12.3 Å². The van der Waals surface area contributed by atoms with Crippen molar-refractivity contribution < 1.29 is 42.9 Å². The number of esters is 4. The molecule has 0 bridgehead atoms. The van der Waals surface area contributed by atoms with E-state index in [0.717, 1.165) is 0 Å². The van der Waals surface area contributed by atoms with Gasteiger partial charge in [-0.3, -0.25) is 0 Å². The highest BCUT2D eigenvalue weighted by molar-refractivity contribution is 5.92. The van der Waals surface area contributed by atoms with E-state index in [1.54, 1.807) is 84.9 Å². The quantitative estimate of drug-likeness (QED) is 0.153. The molecule has 0 saturated carbocycles. The van der Waals surface area contributed by atoms with Gasteiger partial charge in [0, 0.05) is 0 Å². The fourth-order valence-corrected chi connectivity index (χ4v) is 4.53. The number of rotatable bonds is 9. The first-order chi connectivity index (χ1) is 21.4. The molecule has 220 valence electrons.